The highest BCUT2D eigenvalue weighted by molar-refractivity contribution is 7.10. The summed E-state index contributed by atoms with van der Waals surface area (Å²) < 4.78 is 0. The van der Waals surface area contributed by atoms with Gasteiger partial charge in [-0.05, 0) is 54.6 Å². The van der Waals surface area contributed by atoms with Gasteiger partial charge < -0.3 is 20.0 Å². The number of carbonyl (C=O) groups excluding carboxylic acids is 2. The van der Waals surface area contributed by atoms with E-state index in [9.17, 15) is 9.59 Å². The van der Waals surface area contributed by atoms with Crippen molar-refractivity contribution in [1.29, 1.82) is 0 Å². The molecule has 2 aliphatic rings. The summed E-state index contributed by atoms with van der Waals surface area (Å²) in [6, 6.07) is 10.2. The van der Waals surface area contributed by atoms with E-state index in [-0.39, 0.29) is 24.7 Å². The van der Waals surface area contributed by atoms with Gasteiger partial charge in [0, 0.05) is 69.2 Å². The molecule has 0 saturated carbocycles. The molecule has 0 atom stereocenters. The standard InChI is InChI=1S/C24H32N4O2S/c1-26-13-15-27(16-14-26)11-8-19-2-4-21(5-3-19)25-23(29)6-7-24(30)28-12-9-22-20(18-28)10-17-31-22/h2-5,10,17H,6-9,11-16,18H2,1H3,(H,25,29). The number of nitrogens with one attached hydrogen (secondary N) is 1. The summed E-state index contributed by atoms with van der Waals surface area (Å²) in [5.41, 5.74) is 3.33. The van der Waals surface area contributed by atoms with Crippen LogP contribution < -0.4 is 5.32 Å². The second-order valence-corrected chi connectivity index (χ2v) is 9.57. The van der Waals surface area contributed by atoms with E-state index in [0.29, 0.717) is 6.54 Å². The number of fused-ring (bicyclic) bond motifs is 1. The van der Waals surface area contributed by atoms with Crippen molar-refractivity contribution >= 4 is 28.8 Å². The van der Waals surface area contributed by atoms with E-state index in [1.54, 1.807) is 11.3 Å². The summed E-state index contributed by atoms with van der Waals surface area (Å²) in [6.07, 6.45) is 2.42. The highest BCUT2D eigenvalue weighted by Crippen LogP contribution is 2.24. The summed E-state index contributed by atoms with van der Waals surface area (Å²) in [4.78, 5) is 32.9. The van der Waals surface area contributed by atoms with Crippen molar-refractivity contribution < 1.29 is 9.59 Å². The molecule has 166 valence electrons. The fourth-order valence-corrected chi connectivity index (χ4v) is 5.07. The highest BCUT2D eigenvalue weighted by Gasteiger charge is 2.21. The van der Waals surface area contributed by atoms with Gasteiger partial charge in [-0.2, -0.15) is 0 Å². The molecule has 0 bridgehead atoms. The molecular weight excluding hydrogens is 408 g/mol. The third kappa shape index (κ3) is 6.15. The Kier molecular flexibility index (Phi) is 7.37. The van der Waals surface area contributed by atoms with Crippen LogP contribution in [0.5, 0.6) is 0 Å². The molecule has 1 fully saturated rings. The largest absolute Gasteiger partial charge is 0.338 e. The summed E-state index contributed by atoms with van der Waals surface area (Å²) >= 11 is 1.76. The molecule has 2 amide bonds. The number of anilines is 1. The molecule has 0 spiro atoms. The van der Waals surface area contributed by atoms with Gasteiger partial charge in [0.15, 0.2) is 0 Å². The van der Waals surface area contributed by atoms with Gasteiger partial charge >= 0.3 is 0 Å². The van der Waals surface area contributed by atoms with Crippen LogP contribution in [0, 0.1) is 0 Å². The molecule has 4 rings (SSSR count). The van der Waals surface area contributed by atoms with Crippen molar-refractivity contribution in [2.45, 2.75) is 32.2 Å². The zero-order valence-corrected chi connectivity index (χ0v) is 19.1. The Morgan fingerprint density at radius 2 is 1.77 bits per heavy atom. The van der Waals surface area contributed by atoms with E-state index in [0.717, 1.165) is 57.8 Å². The first-order valence-electron chi connectivity index (χ1n) is 11.2. The van der Waals surface area contributed by atoms with Crippen LogP contribution in [0.4, 0.5) is 5.69 Å². The van der Waals surface area contributed by atoms with Crippen molar-refractivity contribution in [2.24, 2.45) is 0 Å². The zero-order valence-electron chi connectivity index (χ0n) is 18.3. The van der Waals surface area contributed by atoms with E-state index >= 15 is 0 Å². The van der Waals surface area contributed by atoms with Gasteiger partial charge in [-0.3, -0.25) is 9.59 Å². The molecule has 1 N–H and O–H groups in total. The summed E-state index contributed by atoms with van der Waals surface area (Å²) in [5.74, 6) is -0.0435. The Bertz CT molecular complexity index is 887. The van der Waals surface area contributed by atoms with E-state index in [1.165, 1.54) is 16.0 Å². The number of rotatable bonds is 7. The lowest BCUT2D eigenvalue weighted by Gasteiger charge is -2.32. The lowest BCUT2D eigenvalue weighted by atomic mass is 10.1. The second-order valence-electron chi connectivity index (χ2n) is 8.57. The molecule has 0 unspecified atom stereocenters. The summed E-state index contributed by atoms with van der Waals surface area (Å²) in [5, 5.41) is 5.01. The molecule has 3 heterocycles. The number of hydrogen-bond donors (Lipinski definition) is 1. The maximum absolute atomic E-state index is 12.5. The number of thiophene rings is 1. The minimum atomic E-state index is -0.105. The normalized spacial score (nSPS) is 17.4. The predicted molar refractivity (Wildman–Crippen MR) is 125 cm³/mol. The molecule has 31 heavy (non-hydrogen) atoms. The Balaban J connectivity index is 1.17. The van der Waals surface area contributed by atoms with E-state index in [2.05, 4.69) is 45.7 Å². The quantitative estimate of drug-likeness (QED) is 0.719. The van der Waals surface area contributed by atoms with Crippen molar-refractivity contribution in [2.75, 3.05) is 51.6 Å². The first-order valence-corrected chi connectivity index (χ1v) is 12.1. The monoisotopic (exact) mass is 440 g/mol. The number of amides is 2. The molecule has 2 aromatic rings. The van der Waals surface area contributed by atoms with Crippen LogP contribution in [0.2, 0.25) is 0 Å². The van der Waals surface area contributed by atoms with Gasteiger partial charge in [0.05, 0.1) is 0 Å². The Morgan fingerprint density at radius 1 is 1.00 bits per heavy atom. The van der Waals surface area contributed by atoms with Crippen molar-refractivity contribution in [3.8, 4) is 0 Å². The molecule has 1 aromatic carbocycles. The number of likely N-dealkylation sites (N-methyl/N-ethyl adjacent to an activating group) is 1. The van der Waals surface area contributed by atoms with Crippen LogP contribution in [0.15, 0.2) is 35.7 Å². The third-order valence-corrected chi connectivity index (χ3v) is 7.30. The van der Waals surface area contributed by atoms with Crippen LogP contribution in [-0.2, 0) is 29.0 Å². The maximum atomic E-state index is 12.5. The van der Waals surface area contributed by atoms with Gasteiger partial charge in [0.25, 0.3) is 0 Å². The van der Waals surface area contributed by atoms with Gasteiger partial charge in [0.2, 0.25) is 11.8 Å². The predicted octanol–water partition coefficient (Wildman–Crippen LogP) is 2.84. The Hall–Kier alpha value is -2.22. The minimum Gasteiger partial charge on any atom is -0.338 e. The van der Waals surface area contributed by atoms with Crippen LogP contribution in [0.3, 0.4) is 0 Å². The van der Waals surface area contributed by atoms with Gasteiger partial charge in [0.1, 0.15) is 0 Å². The van der Waals surface area contributed by atoms with Crippen molar-refractivity contribution in [1.82, 2.24) is 14.7 Å². The fourth-order valence-electron chi connectivity index (χ4n) is 4.18. The number of benzene rings is 1. The van der Waals surface area contributed by atoms with Gasteiger partial charge in [-0.25, -0.2) is 0 Å². The van der Waals surface area contributed by atoms with Crippen LogP contribution in [0.25, 0.3) is 0 Å². The summed E-state index contributed by atoms with van der Waals surface area (Å²) in [7, 11) is 2.17. The SMILES string of the molecule is CN1CCN(CCc2ccc(NC(=O)CCC(=O)N3CCc4sccc4C3)cc2)CC1. The van der Waals surface area contributed by atoms with Crippen molar-refractivity contribution in [3.63, 3.8) is 0 Å². The minimum absolute atomic E-state index is 0.0613. The van der Waals surface area contributed by atoms with Gasteiger partial charge in [-0.15, -0.1) is 11.3 Å². The van der Waals surface area contributed by atoms with E-state index in [4.69, 9.17) is 0 Å². The second kappa shape index (κ2) is 10.4. The first-order chi connectivity index (χ1) is 15.1. The molecule has 0 radical (unpaired) electrons. The maximum Gasteiger partial charge on any atom is 0.224 e. The molecule has 2 aliphatic heterocycles. The molecule has 0 aliphatic carbocycles. The topological polar surface area (TPSA) is 55.9 Å². The highest BCUT2D eigenvalue weighted by atomic mass is 32.1. The number of piperazine rings is 1. The molecule has 6 nitrogen and oxygen atoms in total. The first kappa shape index (κ1) is 22.0. The Labute approximate surface area is 188 Å². The zero-order chi connectivity index (χ0) is 21.6. The van der Waals surface area contributed by atoms with Crippen LogP contribution in [0.1, 0.15) is 28.8 Å². The number of hydrogen-bond acceptors (Lipinski definition) is 5. The van der Waals surface area contributed by atoms with E-state index in [1.807, 2.05) is 17.0 Å². The average molecular weight is 441 g/mol. The number of carbonyl (C=O) groups is 2. The lowest BCUT2D eigenvalue weighted by molar-refractivity contribution is -0.133. The molecule has 1 saturated heterocycles. The fraction of sp³-hybridized carbons (Fsp3) is 0.500. The molecule has 1 aromatic heterocycles. The Morgan fingerprint density at radius 3 is 2.55 bits per heavy atom. The van der Waals surface area contributed by atoms with Gasteiger partial charge in [-0.1, -0.05) is 12.1 Å². The lowest BCUT2D eigenvalue weighted by Crippen LogP contribution is -2.45. The summed E-state index contributed by atoms with van der Waals surface area (Å²) in [6.45, 7) is 7.05. The average Bonchev–Trinajstić information content (AvgIpc) is 3.26. The smallest absolute Gasteiger partial charge is 0.224 e. The van der Waals surface area contributed by atoms with Crippen molar-refractivity contribution in [3.05, 3.63) is 51.7 Å². The number of nitrogens with zero attached hydrogens (tertiary/aromatic N) is 3. The molecular formula is C24H32N4O2S. The third-order valence-electron chi connectivity index (χ3n) is 6.28. The molecule has 7 heteroatoms. The van der Waals surface area contributed by atoms with E-state index < -0.39 is 0 Å². The van der Waals surface area contributed by atoms with Crippen LogP contribution >= 0.6 is 11.3 Å². The van der Waals surface area contributed by atoms with Crippen LogP contribution in [-0.4, -0.2) is 72.8 Å².